The maximum absolute atomic E-state index is 13.5. The standard InChI is InChI=1S/C8F14O2/c9-3(10,11)1-2(4(12,13)14)24-6(16,8(20,21)22)5(15,23-1)7(17,18)19. The van der Waals surface area contributed by atoms with Crippen molar-refractivity contribution in [3.63, 3.8) is 0 Å². The Bertz CT molecular complexity index is 487. The van der Waals surface area contributed by atoms with Crippen LogP contribution in [-0.2, 0) is 9.47 Å². The van der Waals surface area contributed by atoms with Crippen LogP contribution in [0.5, 0.6) is 0 Å². The normalized spacial score (nSPS) is 30.1. The molecule has 2 atom stereocenters. The van der Waals surface area contributed by atoms with Gasteiger partial charge in [-0.2, -0.15) is 61.5 Å². The Morgan fingerprint density at radius 2 is 0.708 bits per heavy atom. The molecule has 1 aliphatic rings. The summed E-state index contributed by atoms with van der Waals surface area (Å²) in [6.45, 7) is 0. The summed E-state index contributed by atoms with van der Waals surface area (Å²) in [4.78, 5) is 0. The molecule has 0 radical (unpaired) electrons. The SMILES string of the molecule is FC(F)(F)C1=C(C(F)(F)F)OC(F)(C(F)(F)F)C(F)(C(F)(F)F)O1. The summed E-state index contributed by atoms with van der Waals surface area (Å²) in [7, 11) is 0. The van der Waals surface area contributed by atoms with Crippen molar-refractivity contribution in [3.05, 3.63) is 11.5 Å². The van der Waals surface area contributed by atoms with Gasteiger partial charge >= 0.3 is 36.4 Å². The number of alkyl halides is 14. The predicted molar refractivity (Wildman–Crippen MR) is 41.1 cm³/mol. The third-order valence-electron chi connectivity index (χ3n) is 2.35. The third-order valence-corrected chi connectivity index (χ3v) is 2.35. The van der Waals surface area contributed by atoms with Gasteiger partial charge in [0.15, 0.2) is 0 Å². The molecule has 16 heteroatoms. The Hall–Kier alpha value is -1.64. The molecule has 2 unspecified atom stereocenters. The van der Waals surface area contributed by atoms with Crippen LogP contribution in [-0.4, -0.2) is 36.4 Å². The number of halogens is 14. The highest BCUT2D eigenvalue weighted by atomic mass is 19.4. The highest BCUT2D eigenvalue weighted by Gasteiger charge is 2.88. The molecule has 0 aliphatic carbocycles. The predicted octanol–water partition coefficient (Wildman–Crippen LogP) is 4.83. The second-order valence-corrected chi connectivity index (χ2v) is 4.04. The van der Waals surface area contributed by atoms with Crippen molar-refractivity contribution in [2.24, 2.45) is 0 Å². The van der Waals surface area contributed by atoms with Crippen molar-refractivity contribution in [1.29, 1.82) is 0 Å². The second kappa shape index (κ2) is 4.93. The minimum atomic E-state index is -7.20. The Balaban J connectivity index is 3.82. The molecular weight excluding hydrogens is 394 g/mol. The van der Waals surface area contributed by atoms with Crippen LogP contribution in [0.1, 0.15) is 0 Å². The minimum absolute atomic E-state index is 2.21. The van der Waals surface area contributed by atoms with Crippen molar-refractivity contribution in [1.82, 2.24) is 0 Å². The lowest BCUT2D eigenvalue weighted by atomic mass is 10.1. The van der Waals surface area contributed by atoms with E-state index in [1.807, 2.05) is 0 Å². The molecule has 2 nitrogen and oxygen atoms in total. The lowest BCUT2D eigenvalue weighted by molar-refractivity contribution is -0.487. The Labute approximate surface area is 120 Å². The minimum Gasteiger partial charge on any atom is -0.436 e. The van der Waals surface area contributed by atoms with E-state index in [1.54, 1.807) is 0 Å². The first kappa shape index (κ1) is 20.4. The molecule has 1 rings (SSSR count). The molecule has 0 saturated carbocycles. The van der Waals surface area contributed by atoms with Gasteiger partial charge in [-0.15, -0.1) is 0 Å². The monoisotopic (exact) mass is 394 g/mol. The van der Waals surface area contributed by atoms with Crippen molar-refractivity contribution in [2.75, 3.05) is 0 Å². The molecule has 0 aromatic carbocycles. The van der Waals surface area contributed by atoms with Gasteiger partial charge in [-0.05, 0) is 0 Å². The summed E-state index contributed by atoms with van der Waals surface area (Å²) in [6, 6.07) is 0. The molecular formula is C8F14O2. The van der Waals surface area contributed by atoms with Crippen molar-refractivity contribution in [2.45, 2.75) is 36.4 Å². The molecule has 0 spiro atoms. The highest BCUT2D eigenvalue weighted by Crippen LogP contribution is 2.60. The van der Waals surface area contributed by atoms with Crippen LogP contribution in [0.15, 0.2) is 11.5 Å². The molecule has 0 bridgehead atoms. The zero-order chi connectivity index (χ0) is 19.6. The molecule has 0 amide bonds. The average molecular weight is 394 g/mol. The van der Waals surface area contributed by atoms with Gasteiger partial charge in [0.1, 0.15) is 0 Å². The topological polar surface area (TPSA) is 18.5 Å². The summed E-state index contributed by atoms with van der Waals surface area (Å²) in [6.07, 6.45) is -27.6. The van der Waals surface area contributed by atoms with E-state index in [4.69, 9.17) is 0 Å². The lowest BCUT2D eigenvalue weighted by Crippen LogP contribution is -2.69. The summed E-state index contributed by atoms with van der Waals surface area (Å²) in [5.74, 6) is -21.9. The molecule has 1 heterocycles. The van der Waals surface area contributed by atoms with Gasteiger partial charge in [-0.3, -0.25) is 0 Å². The first-order valence-corrected chi connectivity index (χ1v) is 4.96. The third kappa shape index (κ3) is 2.89. The quantitative estimate of drug-likeness (QED) is 0.549. The first-order valence-electron chi connectivity index (χ1n) is 4.96. The van der Waals surface area contributed by atoms with Crippen molar-refractivity contribution < 1.29 is 70.9 Å². The van der Waals surface area contributed by atoms with Crippen LogP contribution in [0.4, 0.5) is 61.5 Å². The largest absolute Gasteiger partial charge is 0.468 e. The van der Waals surface area contributed by atoms with Gasteiger partial charge in [-0.25, -0.2) is 0 Å². The Morgan fingerprint density at radius 3 is 0.833 bits per heavy atom. The van der Waals surface area contributed by atoms with E-state index in [-0.39, 0.29) is 0 Å². The number of ether oxygens (including phenoxy) is 2. The fraction of sp³-hybridized carbons (Fsp3) is 0.750. The van der Waals surface area contributed by atoms with E-state index < -0.39 is 47.9 Å². The fourth-order valence-corrected chi connectivity index (χ4v) is 1.36. The lowest BCUT2D eigenvalue weighted by Gasteiger charge is -2.44. The Kier molecular flexibility index (Phi) is 4.20. The van der Waals surface area contributed by atoms with E-state index in [0.29, 0.717) is 0 Å². The molecule has 0 fully saturated rings. The van der Waals surface area contributed by atoms with Crippen LogP contribution in [0.2, 0.25) is 0 Å². The number of allylic oxidation sites excluding steroid dienone is 2. The molecule has 142 valence electrons. The molecule has 0 saturated heterocycles. The fourth-order valence-electron chi connectivity index (χ4n) is 1.36. The number of hydrogen-bond acceptors (Lipinski definition) is 2. The summed E-state index contributed by atoms with van der Waals surface area (Å²) < 4.78 is 179. The highest BCUT2D eigenvalue weighted by molar-refractivity contribution is 5.20. The van der Waals surface area contributed by atoms with Gasteiger partial charge in [0, 0.05) is 0 Å². The summed E-state index contributed by atoms with van der Waals surface area (Å²) in [5, 5.41) is 0. The molecule has 0 aromatic rings. The smallest absolute Gasteiger partial charge is 0.436 e. The zero-order valence-corrected chi connectivity index (χ0v) is 10.1. The van der Waals surface area contributed by atoms with Gasteiger partial charge in [0.25, 0.3) is 11.5 Å². The second-order valence-electron chi connectivity index (χ2n) is 4.04. The van der Waals surface area contributed by atoms with E-state index in [1.165, 1.54) is 0 Å². The Morgan fingerprint density at radius 1 is 0.500 bits per heavy atom. The van der Waals surface area contributed by atoms with E-state index >= 15 is 0 Å². The average Bonchev–Trinajstić information content (AvgIpc) is 2.26. The van der Waals surface area contributed by atoms with Crippen molar-refractivity contribution in [3.8, 4) is 0 Å². The van der Waals surface area contributed by atoms with Gasteiger partial charge in [0.2, 0.25) is 0 Å². The van der Waals surface area contributed by atoms with Crippen molar-refractivity contribution >= 4 is 0 Å². The van der Waals surface area contributed by atoms with E-state index in [0.717, 1.165) is 0 Å². The van der Waals surface area contributed by atoms with Crippen LogP contribution in [0.25, 0.3) is 0 Å². The van der Waals surface area contributed by atoms with E-state index in [2.05, 4.69) is 9.47 Å². The van der Waals surface area contributed by atoms with E-state index in [9.17, 15) is 61.5 Å². The molecule has 1 aliphatic heterocycles. The van der Waals surface area contributed by atoms with Crippen LogP contribution in [0.3, 0.4) is 0 Å². The molecule has 0 N–H and O–H groups in total. The zero-order valence-electron chi connectivity index (χ0n) is 10.1. The number of hydrogen-bond donors (Lipinski definition) is 0. The molecule has 0 aromatic heterocycles. The maximum atomic E-state index is 13.5. The summed E-state index contributed by atoms with van der Waals surface area (Å²) in [5.41, 5.74) is 0. The van der Waals surface area contributed by atoms with Gasteiger partial charge in [-0.1, -0.05) is 0 Å². The van der Waals surface area contributed by atoms with Crippen LogP contribution in [0, 0.1) is 0 Å². The first-order chi connectivity index (χ1) is 10.2. The molecule has 24 heavy (non-hydrogen) atoms. The van der Waals surface area contributed by atoms with Gasteiger partial charge in [0.05, 0.1) is 0 Å². The van der Waals surface area contributed by atoms with Gasteiger partial charge < -0.3 is 9.47 Å². The number of rotatable bonds is 0. The summed E-state index contributed by atoms with van der Waals surface area (Å²) >= 11 is 0. The van der Waals surface area contributed by atoms with Crippen LogP contribution < -0.4 is 0 Å². The maximum Gasteiger partial charge on any atom is 0.468 e. The van der Waals surface area contributed by atoms with Crippen LogP contribution >= 0.6 is 0 Å².